The van der Waals surface area contributed by atoms with Crippen molar-refractivity contribution >= 4 is 17.9 Å². The highest BCUT2D eigenvalue weighted by Gasteiger charge is 2.14. The van der Waals surface area contributed by atoms with Gasteiger partial charge in [0.25, 0.3) is 5.91 Å². The van der Waals surface area contributed by atoms with Gasteiger partial charge in [-0.25, -0.2) is 5.06 Å². The van der Waals surface area contributed by atoms with E-state index < -0.39 is 0 Å². The first-order chi connectivity index (χ1) is 10.6. The van der Waals surface area contributed by atoms with Crippen LogP contribution in [0.3, 0.4) is 0 Å². The Kier molecular flexibility index (Phi) is 5.72. The van der Waals surface area contributed by atoms with Crippen molar-refractivity contribution in [1.29, 1.82) is 0 Å². The molecule has 1 aromatic carbocycles. The molecule has 1 N–H and O–H groups in total. The Morgan fingerprint density at radius 3 is 2.95 bits per heavy atom. The van der Waals surface area contributed by atoms with E-state index in [0.29, 0.717) is 12.0 Å². The number of carbonyl (C=O) groups is 2. The van der Waals surface area contributed by atoms with Gasteiger partial charge in [-0.2, -0.15) is 0 Å². The van der Waals surface area contributed by atoms with Gasteiger partial charge < -0.3 is 5.32 Å². The van der Waals surface area contributed by atoms with Gasteiger partial charge in [0.1, 0.15) is 0 Å². The summed E-state index contributed by atoms with van der Waals surface area (Å²) in [7, 11) is 1.61. The van der Waals surface area contributed by atoms with Crippen molar-refractivity contribution in [2.45, 2.75) is 32.2 Å². The highest BCUT2D eigenvalue weighted by atomic mass is 16.7. The van der Waals surface area contributed by atoms with E-state index in [4.69, 9.17) is 4.84 Å². The predicted molar refractivity (Wildman–Crippen MR) is 85.0 cm³/mol. The van der Waals surface area contributed by atoms with E-state index >= 15 is 0 Å². The fourth-order valence-electron chi connectivity index (χ4n) is 2.18. The van der Waals surface area contributed by atoms with Crippen LogP contribution < -0.4 is 5.32 Å². The van der Waals surface area contributed by atoms with Crippen LogP contribution in [0.25, 0.3) is 6.08 Å². The molecule has 1 aliphatic heterocycles. The average Bonchev–Trinajstić information content (AvgIpc) is 2.51. The summed E-state index contributed by atoms with van der Waals surface area (Å²) in [6.07, 6.45) is 6.03. The van der Waals surface area contributed by atoms with Crippen molar-refractivity contribution in [3.63, 3.8) is 0 Å². The number of hydroxylamine groups is 2. The Labute approximate surface area is 130 Å². The number of amides is 2. The first-order valence-electron chi connectivity index (χ1n) is 7.53. The van der Waals surface area contributed by atoms with Gasteiger partial charge in [-0.05, 0) is 37.5 Å². The second kappa shape index (κ2) is 7.75. The van der Waals surface area contributed by atoms with Gasteiger partial charge in [0, 0.05) is 19.0 Å². The number of nitrogens with one attached hydrogen (secondary N) is 1. The number of hydrogen-bond acceptors (Lipinski definition) is 3. The lowest BCUT2D eigenvalue weighted by atomic mass is 10.1. The van der Waals surface area contributed by atoms with Crippen molar-refractivity contribution in [2.75, 3.05) is 13.7 Å². The van der Waals surface area contributed by atoms with Gasteiger partial charge in [0.15, 0.2) is 0 Å². The standard InChI is InChI=1S/C17H22N2O3/c1-13-12-22-19(2)16(20)10-5-3-4-7-14-8-6-9-15(11-14)17(21)18-13/h4,6-9,11,13H,3,5,10,12H2,1-2H3,(H,18,21). The third-order valence-corrected chi connectivity index (χ3v) is 3.47. The number of hydrogen-bond donors (Lipinski definition) is 1. The fraction of sp³-hybridized carbons (Fsp3) is 0.412. The number of nitrogens with zero attached hydrogens (tertiary/aromatic N) is 1. The van der Waals surface area contributed by atoms with Crippen LogP contribution >= 0.6 is 0 Å². The quantitative estimate of drug-likeness (QED) is 0.800. The topological polar surface area (TPSA) is 58.6 Å². The zero-order chi connectivity index (χ0) is 15.9. The molecule has 0 aromatic heterocycles. The summed E-state index contributed by atoms with van der Waals surface area (Å²) < 4.78 is 0. The Morgan fingerprint density at radius 1 is 1.32 bits per heavy atom. The summed E-state index contributed by atoms with van der Waals surface area (Å²) in [4.78, 5) is 29.5. The third-order valence-electron chi connectivity index (χ3n) is 3.47. The summed E-state index contributed by atoms with van der Waals surface area (Å²) in [5.41, 5.74) is 1.60. The third kappa shape index (κ3) is 4.70. The second-order valence-corrected chi connectivity index (χ2v) is 5.48. The summed E-state index contributed by atoms with van der Waals surface area (Å²) in [6, 6.07) is 7.28. The van der Waals surface area contributed by atoms with Crippen molar-refractivity contribution in [2.24, 2.45) is 0 Å². The highest BCUT2D eigenvalue weighted by molar-refractivity contribution is 5.94. The summed E-state index contributed by atoms with van der Waals surface area (Å²) in [6.45, 7) is 2.10. The minimum Gasteiger partial charge on any atom is -0.347 e. The predicted octanol–water partition coefficient (Wildman–Crippen LogP) is 2.39. The van der Waals surface area contributed by atoms with Gasteiger partial charge in [-0.3, -0.25) is 14.4 Å². The van der Waals surface area contributed by atoms with Gasteiger partial charge in [0.2, 0.25) is 5.91 Å². The molecule has 5 heteroatoms. The van der Waals surface area contributed by atoms with Crippen LogP contribution in [0.4, 0.5) is 0 Å². The minimum atomic E-state index is -0.188. The van der Waals surface area contributed by atoms with E-state index in [1.54, 1.807) is 13.1 Å². The molecule has 22 heavy (non-hydrogen) atoms. The number of allylic oxidation sites excluding steroid dienone is 1. The minimum absolute atomic E-state index is 0.0534. The van der Waals surface area contributed by atoms with Crippen LogP contribution in [0.5, 0.6) is 0 Å². The maximum absolute atomic E-state index is 12.2. The molecular weight excluding hydrogens is 280 g/mol. The first-order valence-corrected chi connectivity index (χ1v) is 7.53. The van der Waals surface area contributed by atoms with E-state index in [0.717, 1.165) is 18.4 Å². The van der Waals surface area contributed by atoms with Crippen LogP contribution in [0.1, 0.15) is 42.1 Å². The molecule has 1 atom stereocenters. The van der Waals surface area contributed by atoms with Crippen molar-refractivity contribution in [1.82, 2.24) is 10.4 Å². The lowest BCUT2D eigenvalue weighted by molar-refractivity contribution is -0.179. The van der Waals surface area contributed by atoms with Gasteiger partial charge in [0.05, 0.1) is 12.6 Å². The molecule has 2 amide bonds. The molecule has 1 aromatic rings. The molecule has 0 aliphatic carbocycles. The average molecular weight is 302 g/mol. The maximum Gasteiger partial charge on any atom is 0.251 e. The largest absolute Gasteiger partial charge is 0.347 e. The van der Waals surface area contributed by atoms with Gasteiger partial charge in [-0.1, -0.05) is 24.3 Å². The van der Waals surface area contributed by atoms with Crippen LogP contribution in [0, 0.1) is 0 Å². The normalized spacial score (nSPS) is 21.0. The van der Waals surface area contributed by atoms with Crippen LogP contribution in [-0.2, 0) is 9.63 Å². The smallest absolute Gasteiger partial charge is 0.251 e. The zero-order valence-corrected chi connectivity index (χ0v) is 13.0. The van der Waals surface area contributed by atoms with Crippen molar-refractivity contribution in [3.8, 4) is 0 Å². The highest BCUT2D eigenvalue weighted by Crippen LogP contribution is 2.10. The fourth-order valence-corrected chi connectivity index (χ4v) is 2.18. The molecule has 0 saturated carbocycles. The van der Waals surface area contributed by atoms with E-state index in [9.17, 15) is 9.59 Å². The van der Waals surface area contributed by atoms with E-state index in [1.807, 2.05) is 37.3 Å². The van der Waals surface area contributed by atoms with Crippen molar-refractivity contribution < 1.29 is 14.4 Å². The molecule has 5 nitrogen and oxygen atoms in total. The summed E-state index contributed by atoms with van der Waals surface area (Å²) >= 11 is 0. The zero-order valence-electron chi connectivity index (χ0n) is 13.0. The molecule has 0 radical (unpaired) electrons. The molecule has 0 saturated heterocycles. The summed E-state index contributed by atoms with van der Waals surface area (Å²) in [5.74, 6) is -0.197. The lowest BCUT2D eigenvalue weighted by Gasteiger charge is -2.20. The van der Waals surface area contributed by atoms with E-state index in [2.05, 4.69) is 5.32 Å². The second-order valence-electron chi connectivity index (χ2n) is 5.48. The SMILES string of the molecule is CC1CON(C)C(=O)CCCC=Cc2cccc(c2)C(=O)N1. The number of fused-ring (bicyclic) bond motifs is 2. The Bertz CT molecular complexity index is 569. The molecule has 2 bridgehead atoms. The van der Waals surface area contributed by atoms with Gasteiger partial charge >= 0.3 is 0 Å². The van der Waals surface area contributed by atoms with Gasteiger partial charge in [-0.15, -0.1) is 0 Å². The molecule has 1 aliphatic rings. The lowest BCUT2D eigenvalue weighted by Crippen LogP contribution is -2.39. The maximum atomic E-state index is 12.2. The van der Waals surface area contributed by atoms with Crippen LogP contribution in [0.15, 0.2) is 30.3 Å². The molecule has 1 unspecified atom stereocenters. The molecule has 0 fully saturated rings. The van der Waals surface area contributed by atoms with Crippen molar-refractivity contribution in [3.05, 3.63) is 41.5 Å². The number of benzene rings is 1. The first kappa shape index (κ1) is 16.2. The Hall–Kier alpha value is -2.14. The van der Waals surface area contributed by atoms with Crippen LogP contribution in [-0.4, -0.2) is 36.6 Å². The van der Waals surface area contributed by atoms with Crippen LogP contribution in [0.2, 0.25) is 0 Å². The Balaban J connectivity index is 2.15. The molecule has 2 rings (SSSR count). The monoisotopic (exact) mass is 302 g/mol. The summed E-state index contributed by atoms with van der Waals surface area (Å²) in [5, 5.41) is 4.12. The molecule has 0 spiro atoms. The number of rotatable bonds is 0. The molecule has 1 heterocycles. The number of carbonyl (C=O) groups excluding carboxylic acids is 2. The van der Waals surface area contributed by atoms with E-state index in [-0.39, 0.29) is 24.5 Å². The molecule has 118 valence electrons. The molecular formula is C17H22N2O3. The van der Waals surface area contributed by atoms with E-state index in [1.165, 1.54) is 5.06 Å². The Morgan fingerprint density at radius 2 is 2.14 bits per heavy atom.